The average Bonchev–Trinajstić information content (AvgIpc) is 2.95. The molecule has 1 nitrogen and oxygen atoms in total. The van der Waals surface area contributed by atoms with Crippen molar-refractivity contribution < 1.29 is 5.11 Å². The lowest BCUT2D eigenvalue weighted by Gasteiger charge is -2.12. The fourth-order valence-electron chi connectivity index (χ4n) is 2.59. The Morgan fingerprint density at radius 1 is 1.18 bits per heavy atom. The molecule has 0 saturated heterocycles. The van der Waals surface area contributed by atoms with Gasteiger partial charge in [-0.15, -0.1) is 0 Å². The Balaban J connectivity index is 1.97. The van der Waals surface area contributed by atoms with Gasteiger partial charge >= 0.3 is 0 Å². The fourth-order valence-corrected chi connectivity index (χ4v) is 3.46. The molecule has 0 amide bonds. The van der Waals surface area contributed by atoms with Crippen molar-refractivity contribution in [3.05, 3.63) is 56.8 Å². The van der Waals surface area contributed by atoms with Crippen molar-refractivity contribution in [3.8, 4) is 0 Å². The van der Waals surface area contributed by atoms with Gasteiger partial charge < -0.3 is 5.11 Å². The first-order chi connectivity index (χ1) is 8.25. The molecule has 3 rings (SSSR count). The largest absolute Gasteiger partial charge is 0.384 e. The Morgan fingerprint density at radius 2 is 2.00 bits per heavy atom. The smallest absolute Gasteiger partial charge is 0.105 e. The Morgan fingerprint density at radius 3 is 2.76 bits per heavy atom. The third kappa shape index (κ3) is 1.92. The topological polar surface area (TPSA) is 20.2 Å². The number of hydrogen-bond donors (Lipinski definition) is 1. The van der Waals surface area contributed by atoms with Crippen LogP contribution in [0.15, 0.2) is 29.0 Å². The number of aliphatic hydroxyl groups excluding tert-OH is 1. The summed E-state index contributed by atoms with van der Waals surface area (Å²) in [5.74, 6) is 0. The van der Waals surface area contributed by atoms with Gasteiger partial charge in [0.1, 0.15) is 6.10 Å². The molecule has 1 heterocycles. The van der Waals surface area contributed by atoms with Gasteiger partial charge in [-0.3, -0.25) is 0 Å². The monoisotopic (exact) mass is 244 g/mol. The first kappa shape index (κ1) is 11.0. The van der Waals surface area contributed by atoms with E-state index in [2.05, 4.69) is 30.5 Å². The molecular formula is C15H16OS. The SMILES string of the molecule is Cc1cscc1C(O)c1ccc2c(c1)CCC2. The number of fused-ring (bicyclic) bond motifs is 1. The zero-order valence-corrected chi connectivity index (χ0v) is 10.8. The lowest BCUT2D eigenvalue weighted by Crippen LogP contribution is -2.00. The number of aliphatic hydroxyl groups is 1. The summed E-state index contributed by atoms with van der Waals surface area (Å²) in [4.78, 5) is 0. The molecule has 0 aliphatic heterocycles. The Kier molecular flexibility index (Phi) is 2.77. The van der Waals surface area contributed by atoms with Crippen LogP contribution in [-0.4, -0.2) is 5.11 Å². The minimum absolute atomic E-state index is 0.466. The van der Waals surface area contributed by atoms with E-state index in [0.29, 0.717) is 0 Å². The second-order valence-electron chi connectivity index (χ2n) is 4.79. The third-order valence-corrected chi connectivity index (χ3v) is 4.51. The second kappa shape index (κ2) is 4.28. The summed E-state index contributed by atoms with van der Waals surface area (Å²) >= 11 is 1.65. The number of hydrogen-bond acceptors (Lipinski definition) is 2. The highest BCUT2D eigenvalue weighted by atomic mass is 32.1. The molecule has 1 aliphatic rings. The summed E-state index contributed by atoms with van der Waals surface area (Å²) in [5, 5.41) is 14.5. The van der Waals surface area contributed by atoms with Crippen LogP contribution in [0.4, 0.5) is 0 Å². The van der Waals surface area contributed by atoms with Gasteiger partial charge in [0.2, 0.25) is 0 Å². The highest BCUT2D eigenvalue weighted by molar-refractivity contribution is 7.08. The van der Waals surface area contributed by atoms with Crippen molar-refractivity contribution in [2.45, 2.75) is 32.3 Å². The van der Waals surface area contributed by atoms with Gasteiger partial charge in [0.25, 0.3) is 0 Å². The quantitative estimate of drug-likeness (QED) is 0.855. The van der Waals surface area contributed by atoms with Crippen LogP contribution in [0.2, 0.25) is 0 Å². The number of aryl methyl sites for hydroxylation is 3. The maximum atomic E-state index is 10.4. The molecule has 1 aromatic carbocycles. The van der Waals surface area contributed by atoms with Crippen molar-refractivity contribution in [2.75, 3.05) is 0 Å². The molecule has 2 heteroatoms. The molecule has 1 N–H and O–H groups in total. The lowest BCUT2D eigenvalue weighted by molar-refractivity contribution is 0.220. The molecule has 1 aromatic heterocycles. The maximum absolute atomic E-state index is 10.4. The van der Waals surface area contributed by atoms with Crippen LogP contribution in [0.25, 0.3) is 0 Å². The summed E-state index contributed by atoms with van der Waals surface area (Å²) in [6, 6.07) is 6.44. The minimum atomic E-state index is -0.466. The molecule has 0 radical (unpaired) electrons. The van der Waals surface area contributed by atoms with E-state index in [1.54, 1.807) is 11.3 Å². The molecule has 88 valence electrons. The summed E-state index contributed by atoms with van der Waals surface area (Å²) in [6.07, 6.45) is 3.15. The van der Waals surface area contributed by atoms with Gasteiger partial charge in [-0.25, -0.2) is 0 Å². The molecule has 1 unspecified atom stereocenters. The average molecular weight is 244 g/mol. The van der Waals surface area contributed by atoms with Crippen LogP contribution in [0, 0.1) is 6.92 Å². The highest BCUT2D eigenvalue weighted by Crippen LogP contribution is 2.30. The van der Waals surface area contributed by atoms with Gasteiger partial charge in [0.05, 0.1) is 0 Å². The Labute approximate surface area is 106 Å². The normalized spacial score (nSPS) is 15.9. The summed E-state index contributed by atoms with van der Waals surface area (Å²) < 4.78 is 0. The molecule has 1 aliphatic carbocycles. The molecule has 0 fully saturated rings. The number of benzene rings is 1. The minimum Gasteiger partial charge on any atom is -0.384 e. The van der Waals surface area contributed by atoms with Crippen molar-refractivity contribution >= 4 is 11.3 Å². The molecule has 0 spiro atoms. The number of thiophene rings is 1. The summed E-state index contributed by atoms with van der Waals surface area (Å²) in [7, 11) is 0. The highest BCUT2D eigenvalue weighted by Gasteiger charge is 2.17. The van der Waals surface area contributed by atoms with Crippen molar-refractivity contribution in [1.82, 2.24) is 0 Å². The van der Waals surface area contributed by atoms with Gasteiger partial charge in [-0.2, -0.15) is 11.3 Å². The fraction of sp³-hybridized carbons (Fsp3) is 0.333. The lowest BCUT2D eigenvalue weighted by atomic mass is 9.98. The van der Waals surface area contributed by atoms with Gasteiger partial charge in [-0.1, -0.05) is 18.2 Å². The van der Waals surface area contributed by atoms with E-state index in [1.165, 1.54) is 36.0 Å². The summed E-state index contributed by atoms with van der Waals surface area (Å²) in [5.41, 5.74) is 6.15. The zero-order chi connectivity index (χ0) is 11.8. The molecule has 0 saturated carbocycles. The van der Waals surface area contributed by atoms with Crippen LogP contribution in [0.3, 0.4) is 0 Å². The first-order valence-corrected chi connectivity index (χ1v) is 7.02. The standard InChI is InChI=1S/C15H16OS/c1-10-8-17-9-14(10)15(16)13-6-5-11-3-2-4-12(11)7-13/h5-9,15-16H,2-4H2,1H3. The van der Waals surface area contributed by atoms with E-state index in [1.807, 2.05) is 5.38 Å². The predicted molar refractivity (Wildman–Crippen MR) is 71.6 cm³/mol. The van der Waals surface area contributed by atoms with E-state index in [-0.39, 0.29) is 0 Å². The maximum Gasteiger partial charge on any atom is 0.105 e. The van der Waals surface area contributed by atoms with Crippen LogP contribution in [0.1, 0.15) is 40.3 Å². The Hall–Kier alpha value is -1.12. The van der Waals surface area contributed by atoms with Crippen LogP contribution < -0.4 is 0 Å². The van der Waals surface area contributed by atoms with Crippen LogP contribution in [0.5, 0.6) is 0 Å². The van der Waals surface area contributed by atoms with Crippen molar-refractivity contribution in [3.63, 3.8) is 0 Å². The third-order valence-electron chi connectivity index (χ3n) is 3.63. The van der Waals surface area contributed by atoms with E-state index in [4.69, 9.17) is 0 Å². The van der Waals surface area contributed by atoms with Gasteiger partial charge in [0, 0.05) is 0 Å². The van der Waals surface area contributed by atoms with E-state index >= 15 is 0 Å². The van der Waals surface area contributed by atoms with Gasteiger partial charge in [-0.05, 0) is 64.8 Å². The molecular weight excluding hydrogens is 228 g/mol. The predicted octanol–water partition coefficient (Wildman–Crippen LogP) is 3.63. The number of rotatable bonds is 2. The van der Waals surface area contributed by atoms with Crippen LogP contribution in [-0.2, 0) is 12.8 Å². The second-order valence-corrected chi connectivity index (χ2v) is 5.54. The van der Waals surface area contributed by atoms with Crippen molar-refractivity contribution in [2.24, 2.45) is 0 Å². The molecule has 1 atom stereocenters. The molecule has 0 bridgehead atoms. The zero-order valence-electron chi connectivity index (χ0n) is 9.94. The van der Waals surface area contributed by atoms with E-state index < -0.39 is 6.10 Å². The van der Waals surface area contributed by atoms with E-state index in [9.17, 15) is 5.11 Å². The van der Waals surface area contributed by atoms with Crippen LogP contribution >= 0.6 is 11.3 Å². The van der Waals surface area contributed by atoms with Gasteiger partial charge in [0.15, 0.2) is 0 Å². The van der Waals surface area contributed by atoms with Crippen molar-refractivity contribution in [1.29, 1.82) is 0 Å². The summed E-state index contributed by atoms with van der Waals surface area (Å²) in [6.45, 7) is 2.06. The van der Waals surface area contributed by atoms with E-state index in [0.717, 1.165) is 11.1 Å². The Bertz CT molecular complexity index is 542. The molecule has 2 aromatic rings. The first-order valence-electron chi connectivity index (χ1n) is 6.08. The molecule has 17 heavy (non-hydrogen) atoms.